The third-order valence-corrected chi connectivity index (χ3v) is 6.00. The Hall–Kier alpha value is -8.78. The molecular weight excluding hydrogens is 728 g/mol. The van der Waals surface area contributed by atoms with E-state index in [1.165, 1.54) is 55.9 Å². The lowest BCUT2D eigenvalue weighted by Crippen LogP contribution is -2.22. The van der Waals surface area contributed by atoms with Crippen LogP contribution >= 0.6 is 0 Å². The number of H-pyrrole nitrogens is 9. The zero-order valence-electron chi connectivity index (χ0n) is 28.5. The van der Waals surface area contributed by atoms with Crippen molar-refractivity contribution in [1.82, 2.24) is 79.7 Å². The van der Waals surface area contributed by atoms with Gasteiger partial charge in [0, 0.05) is 42.0 Å². The Morgan fingerprint density at radius 1 is 0.582 bits per heavy atom. The molecule has 0 aliphatic heterocycles. The minimum atomic E-state index is -0.475. The van der Waals surface area contributed by atoms with Crippen molar-refractivity contribution in [2.24, 2.45) is 0 Å². The summed E-state index contributed by atoms with van der Waals surface area (Å²) in [5.74, 6) is 1.23. The Labute approximate surface area is 302 Å². The molecule has 0 unspecified atom stereocenters. The third kappa shape index (κ3) is 13.5. The second-order valence-electron chi connectivity index (χ2n) is 10.1. The van der Waals surface area contributed by atoms with Gasteiger partial charge in [-0.3, -0.25) is 39.3 Å². The summed E-state index contributed by atoms with van der Waals surface area (Å²) >= 11 is 0. The van der Waals surface area contributed by atoms with Crippen molar-refractivity contribution in [3.05, 3.63) is 140 Å². The van der Waals surface area contributed by atoms with Crippen LogP contribution in [0.3, 0.4) is 0 Å². The van der Waals surface area contributed by atoms with E-state index in [2.05, 4.69) is 74.8 Å². The van der Waals surface area contributed by atoms with Crippen molar-refractivity contribution in [2.45, 2.75) is 13.8 Å². The topological polar surface area (TPSA) is 456 Å². The molecule has 27 nitrogen and oxygen atoms in total. The number of imidazole rings is 2. The lowest BCUT2D eigenvalue weighted by molar-refractivity contribution is 1.01. The molecule has 0 atom stereocenters. The SMILES string of the molecule is Cc1c[nH]c(=O)[nH]c1=O.Cc1cnc(=O)[nH]c1N.Nc1ccnc(=O)[nH]1.Nc1nc2nc[nH]c2c(=O)[nH]1.Nc1ncnc2nc[nH]c12.O=c1cc[nH]c(=O)[nH]1. The van der Waals surface area contributed by atoms with Crippen LogP contribution in [-0.4, -0.2) is 79.7 Å². The molecule has 55 heavy (non-hydrogen) atoms. The standard InChI is InChI=1S/C5H5N5O.C5H5N5.C5H7N3O.C5H6N2O2.C4H5N3O.C4H4N2O2/c6-5-9-3-2(4(11)10-5)7-1-8-3;6-4-3-5(9-1-7-3)10-2-8-4;1-3-2-7-5(9)8-4(3)6;1-3-2-6-5(9)7-4(3)8;5-3-1-2-6-4(8)7-3;7-3-1-2-5-4(8)6-3/h1H,(H4,6,7,8,9,10,11);1-2H,(H3,6,7,8,9,10);2H,1H3,(H3,6,7,8,9);2H,1H3,(H2,6,7,8,9);1-2H,(H3,5,6,7,8);1-2H,(H2,5,6,7,8). The number of aromatic amines is 9. The molecule has 0 radical (unpaired) electrons. The molecule has 8 aromatic heterocycles. The van der Waals surface area contributed by atoms with E-state index in [-0.39, 0.29) is 22.6 Å². The molecule has 0 saturated carbocycles. The first-order chi connectivity index (χ1) is 26.1. The number of nitrogens with one attached hydrogen (secondary N) is 9. The lowest BCUT2D eigenvalue weighted by atomic mass is 10.4. The minimum absolute atomic E-state index is 0.0783. The fraction of sp³-hybridized carbons (Fsp3) is 0.0714. The van der Waals surface area contributed by atoms with E-state index in [1.807, 2.05) is 4.98 Å². The van der Waals surface area contributed by atoms with Crippen molar-refractivity contribution >= 4 is 45.7 Å². The fourth-order valence-corrected chi connectivity index (χ4v) is 3.36. The Kier molecular flexibility index (Phi) is 14.5. The van der Waals surface area contributed by atoms with Gasteiger partial charge in [-0.1, -0.05) is 0 Å². The van der Waals surface area contributed by atoms with Crippen molar-refractivity contribution in [2.75, 3.05) is 22.9 Å². The van der Waals surface area contributed by atoms with Crippen molar-refractivity contribution in [3.8, 4) is 0 Å². The van der Waals surface area contributed by atoms with Gasteiger partial charge in [-0.2, -0.15) is 4.98 Å². The maximum Gasteiger partial charge on any atom is 0.346 e. The van der Waals surface area contributed by atoms with Gasteiger partial charge in [0.1, 0.15) is 23.5 Å². The van der Waals surface area contributed by atoms with Gasteiger partial charge in [-0.15, -0.1) is 0 Å². The first kappa shape index (κ1) is 40.6. The highest BCUT2D eigenvalue weighted by Crippen LogP contribution is 2.09. The zero-order chi connectivity index (χ0) is 40.5. The summed E-state index contributed by atoms with van der Waals surface area (Å²) in [5.41, 5.74) is 21.7. The fourth-order valence-electron chi connectivity index (χ4n) is 3.36. The Balaban J connectivity index is 0.000000178. The molecular formula is C28H32N20O7. The number of aryl methyl sites for hydroxylation is 2. The second-order valence-corrected chi connectivity index (χ2v) is 10.1. The highest BCUT2D eigenvalue weighted by Gasteiger charge is 2.02. The van der Waals surface area contributed by atoms with Crippen molar-refractivity contribution < 1.29 is 0 Å². The minimum Gasteiger partial charge on any atom is -0.385 e. The largest absolute Gasteiger partial charge is 0.385 e. The highest BCUT2D eigenvalue weighted by atomic mass is 16.2. The Morgan fingerprint density at radius 3 is 1.80 bits per heavy atom. The summed E-state index contributed by atoms with van der Waals surface area (Å²) in [6.45, 7) is 3.40. The number of nitrogen functional groups attached to an aromatic ring is 4. The number of anilines is 4. The van der Waals surface area contributed by atoms with Crippen molar-refractivity contribution in [3.63, 3.8) is 0 Å². The summed E-state index contributed by atoms with van der Waals surface area (Å²) in [5, 5.41) is 0. The maximum atomic E-state index is 11.0. The van der Waals surface area contributed by atoms with Crippen LogP contribution in [0.25, 0.3) is 22.3 Å². The van der Waals surface area contributed by atoms with Gasteiger partial charge < -0.3 is 42.9 Å². The van der Waals surface area contributed by atoms with Gasteiger partial charge >= 0.3 is 22.8 Å². The third-order valence-electron chi connectivity index (χ3n) is 6.00. The van der Waals surface area contributed by atoms with Gasteiger partial charge in [-0.25, -0.2) is 49.1 Å². The van der Waals surface area contributed by atoms with E-state index in [0.29, 0.717) is 45.3 Å². The van der Waals surface area contributed by atoms with E-state index in [9.17, 15) is 33.6 Å². The zero-order valence-corrected chi connectivity index (χ0v) is 28.5. The molecule has 8 heterocycles. The lowest BCUT2D eigenvalue weighted by Gasteiger charge is -1.93. The van der Waals surface area contributed by atoms with Gasteiger partial charge in [0.15, 0.2) is 22.6 Å². The quantitative estimate of drug-likeness (QED) is 0.0716. The van der Waals surface area contributed by atoms with Crippen LogP contribution in [0.1, 0.15) is 11.1 Å². The number of rotatable bonds is 0. The first-order valence-corrected chi connectivity index (χ1v) is 14.9. The molecule has 0 saturated heterocycles. The molecule has 286 valence electrons. The normalized spacial score (nSPS) is 9.71. The Bertz CT molecular complexity index is 2850. The van der Waals surface area contributed by atoms with Crippen LogP contribution in [0, 0.1) is 13.8 Å². The molecule has 0 amide bonds. The van der Waals surface area contributed by atoms with Crippen LogP contribution in [0.2, 0.25) is 0 Å². The number of nitrogens with zero attached hydrogens (tertiary/aromatic N) is 7. The molecule has 8 rings (SSSR count). The molecule has 0 bridgehead atoms. The monoisotopic (exact) mass is 760 g/mol. The van der Waals surface area contributed by atoms with E-state index >= 15 is 0 Å². The molecule has 0 aromatic carbocycles. The first-order valence-electron chi connectivity index (χ1n) is 14.9. The average molecular weight is 761 g/mol. The van der Waals surface area contributed by atoms with Gasteiger partial charge in [0.25, 0.3) is 16.7 Å². The van der Waals surface area contributed by atoms with E-state index in [4.69, 9.17) is 22.9 Å². The molecule has 8 aromatic rings. The van der Waals surface area contributed by atoms with Gasteiger partial charge in [0.05, 0.1) is 12.7 Å². The van der Waals surface area contributed by atoms with Crippen LogP contribution in [0.4, 0.5) is 23.4 Å². The summed E-state index contributed by atoms with van der Waals surface area (Å²) in [7, 11) is 0. The number of nitrogens with two attached hydrogens (primary N) is 4. The van der Waals surface area contributed by atoms with Crippen LogP contribution in [0.5, 0.6) is 0 Å². The number of aromatic nitrogens is 16. The predicted molar refractivity (Wildman–Crippen MR) is 198 cm³/mol. The number of hydrogen-bond donors (Lipinski definition) is 13. The number of hydrogen-bond acceptors (Lipinski definition) is 18. The van der Waals surface area contributed by atoms with E-state index in [1.54, 1.807) is 13.8 Å². The molecule has 0 aliphatic carbocycles. The summed E-state index contributed by atoms with van der Waals surface area (Å²) < 4.78 is 0. The Morgan fingerprint density at radius 2 is 1.25 bits per heavy atom. The summed E-state index contributed by atoms with van der Waals surface area (Å²) in [6.07, 6.45) is 9.78. The number of fused-ring (bicyclic) bond motifs is 2. The van der Waals surface area contributed by atoms with E-state index in [0.717, 1.165) is 5.56 Å². The van der Waals surface area contributed by atoms with Crippen LogP contribution in [0.15, 0.2) is 89.5 Å². The van der Waals surface area contributed by atoms with Crippen molar-refractivity contribution in [1.29, 1.82) is 0 Å². The smallest absolute Gasteiger partial charge is 0.346 e. The van der Waals surface area contributed by atoms with Gasteiger partial charge in [-0.05, 0) is 19.9 Å². The van der Waals surface area contributed by atoms with Gasteiger partial charge in [0.2, 0.25) is 5.95 Å². The molecule has 27 heteroatoms. The van der Waals surface area contributed by atoms with Crippen LogP contribution < -0.4 is 62.4 Å². The predicted octanol–water partition coefficient (Wildman–Crippen LogP) is -3.39. The molecule has 17 N–H and O–H groups in total. The summed E-state index contributed by atoms with van der Waals surface area (Å²) in [4.78, 5) is 120. The molecule has 0 spiro atoms. The van der Waals surface area contributed by atoms with Crippen LogP contribution in [-0.2, 0) is 0 Å². The molecule has 0 aliphatic rings. The highest BCUT2D eigenvalue weighted by molar-refractivity contribution is 5.80. The molecule has 0 fully saturated rings. The second kappa shape index (κ2) is 19.6. The maximum absolute atomic E-state index is 11.0. The average Bonchev–Trinajstić information content (AvgIpc) is 3.81. The van der Waals surface area contributed by atoms with E-state index < -0.39 is 22.8 Å². The summed E-state index contributed by atoms with van der Waals surface area (Å²) in [6, 6.07) is 2.75.